The molecule has 3 rings (SSSR count). The van der Waals surface area contributed by atoms with Gasteiger partial charge in [0.05, 0.1) is 5.92 Å². The first-order valence-corrected chi connectivity index (χ1v) is 8.65. The van der Waals surface area contributed by atoms with Crippen molar-refractivity contribution >= 4 is 38.6 Å². The normalized spacial score (nSPS) is 15.5. The fourth-order valence-corrected chi connectivity index (χ4v) is 3.28. The number of rotatable bonds is 4. The van der Waals surface area contributed by atoms with Crippen molar-refractivity contribution in [3.8, 4) is 5.75 Å². The molecular weight excluding hydrogens is 374 g/mol. The molecular formula is C18H18BrNO4. The van der Waals surface area contributed by atoms with Crippen molar-refractivity contribution in [3.05, 3.63) is 40.9 Å². The van der Waals surface area contributed by atoms with Gasteiger partial charge in [-0.2, -0.15) is 0 Å². The summed E-state index contributed by atoms with van der Waals surface area (Å²) in [6.45, 7) is 0.926. The van der Waals surface area contributed by atoms with Gasteiger partial charge in [0.25, 0.3) is 5.91 Å². The Morgan fingerprint density at radius 2 is 1.79 bits per heavy atom. The van der Waals surface area contributed by atoms with Crippen LogP contribution in [-0.2, 0) is 9.59 Å². The summed E-state index contributed by atoms with van der Waals surface area (Å²) in [4.78, 5) is 24.8. The second kappa shape index (κ2) is 7.21. The second-order valence-electron chi connectivity index (χ2n) is 5.94. The van der Waals surface area contributed by atoms with Crippen LogP contribution in [0.5, 0.6) is 5.75 Å². The summed E-state index contributed by atoms with van der Waals surface area (Å²) in [5.41, 5.74) is 0. The molecule has 1 aliphatic rings. The van der Waals surface area contributed by atoms with Crippen molar-refractivity contribution in [3.63, 3.8) is 0 Å². The summed E-state index contributed by atoms with van der Waals surface area (Å²) in [6.07, 6.45) is 1.01. The van der Waals surface area contributed by atoms with Gasteiger partial charge in [-0.25, -0.2) is 0 Å². The van der Waals surface area contributed by atoms with Crippen molar-refractivity contribution < 1.29 is 19.4 Å². The third kappa shape index (κ3) is 3.87. The molecule has 0 radical (unpaired) electrons. The maximum atomic E-state index is 12.2. The fourth-order valence-electron chi connectivity index (χ4n) is 2.90. The van der Waals surface area contributed by atoms with Crippen LogP contribution in [0.15, 0.2) is 40.9 Å². The molecule has 0 aromatic heterocycles. The van der Waals surface area contributed by atoms with Gasteiger partial charge in [-0.15, -0.1) is 0 Å². The van der Waals surface area contributed by atoms with Crippen molar-refractivity contribution in [2.45, 2.75) is 12.8 Å². The molecule has 0 atom stereocenters. The lowest BCUT2D eigenvalue weighted by molar-refractivity contribution is -0.146. The predicted molar refractivity (Wildman–Crippen MR) is 94.1 cm³/mol. The number of hydrogen-bond acceptors (Lipinski definition) is 3. The van der Waals surface area contributed by atoms with Crippen LogP contribution in [0.3, 0.4) is 0 Å². The molecule has 1 saturated heterocycles. The lowest BCUT2D eigenvalue weighted by Crippen LogP contribution is -2.42. The number of nitrogens with zero attached hydrogens (tertiary/aromatic N) is 1. The number of carbonyl (C=O) groups excluding carboxylic acids is 1. The zero-order valence-corrected chi connectivity index (χ0v) is 14.7. The van der Waals surface area contributed by atoms with Gasteiger partial charge >= 0.3 is 5.97 Å². The molecule has 126 valence electrons. The SMILES string of the molecule is O=C(O)C1CCN(C(=O)COc2ccc3cc(Br)ccc3c2)CC1. The summed E-state index contributed by atoms with van der Waals surface area (Å²) in [7, 11) is 0. The van der Waals surface area contributed by atoms with Crippen LogP contribution in [0.2, 0.25) is 0 Å². The molecule has 24 heavy (non-hydrogen) atoms. The topological polar surface area (TPSA) is 66.8 Å². The Morgan fingerprint density at radius 1 is 1.12 bits per heavy atom. The lowest BCUT2D eigenvalue weighted by atomic mass is 9.97. The van der Waals surface area contributed by atoms with Crippen LogP contribution in [-0.4, -0.2) is 41.6 Å². The largest absolute Gasteiger partial charge is 0.484 e. The maximum absolute atomic E-state index is 12.2. The van der Waals surface area contributed by atoms with Gasteiger partial charge in [0.15, 0.2) is 6.61 Å². The number of piperidine rings is 1. The molecule has 1 heterocycles. The van der Waals surface area contributed by atoms with E-state index >= 15 is 0 Å². The number of halogens is 1. The average molecular weight is 392 g/mol. The summed E-state index contributed by atoms with van der Waals surface area (Å²) >= 11 is 3.44. The Bertz CT molecular complexity index is 769. The number of carboxylic acid groups (broad SMARTS) is 1. The molecule has 0 saturated carbocycles. The van der Waals surface area contributed by atoms with E-state index in [1.807, 2.05) is 36.4 Å². The predicted octanol–water partition coefficient (Wildman–Crippen LogP) is 3.30. The molecule has 6 heteroatoms. The van der Waals surface area contributed by atoms with E-state index < -0.39 is 5.97 Å². The van der Waals surface area contributed by atoms with E-state index in [1.165, 1.54) is 0 Å². The number of amides is 1. The van der Waals surface area contributed by atoms with Crippen molar-refractivity contribution in [2.75, 3.05) is 19.7 Å². The van der Waals surface area contributed by atoms with Crippen molar-refractivity contribution in [1.82, 2.24) is 4.90 Å². The molecule has 1 amide bonds. The molecule has 5 nitrogen and oxygen atoms in total. The molecule has 0 unspecified atom stereocenters. The molecule has 2 aromatic carbocycles. The molecule has 1 fully saturated rings. The highest BCUT2D eigenvalue weighted by molar-refractivity contribution is 9.10. The van der Waals surface area contributed by atoms with Crippen LogP contribution in [0, 0.1) is 5.92 Å². The Balaban J connectivity index is 1.56. The quantitative estimate of drug-likeness (QED) is 0.867. The summed E-state index contributed by atoms with van der Waals surface area (Å²) in [5, 5.41) is 11.1. The third-order valence-corrected chi connectivity index (χ3v) is 4.83. The first-order chi connectivity index (χ1) is 11.5. The van der Waals surface area contributed by atoms with E-state index in [1.54, 1.807) is 4.90 Å². The molecule has 0 spiro atoms. The van der Waals surface area contributed by atoms with E-state index in [-0.39, 0.29) is 18.4 Å². The standard InChI is InChI=1S/C18H18BrNO4/c19-15-3-1-14-10-16(4-2-13(14)9-15)24-11-17(21)20-7-5-12(6-8-20)18(22)23/h1-4,9-10,12H,5-8,11H2,(H,22,23). The number of carboxylic acids is 1. The average Bonchev–Trinajstić information content (AvgIpc) is 2.59. The Labute approximate surface area is 148 Å². The lowest BCUT2D eigenvalue weighted by Gasteiger charge is -2.30. The number of carbonyl (C=O) groups is 2. The van der Waals surface area contributed by atoms with Gasteiger partial charge in [-0.05, 0) is 47.9 Å². The zero-order chi connectivity index (χ0) is 17.1. The maximum Gasteiger partial charge on any atom is 0.306 e. The number of ether oxygens (including phenoxy) is 1. The fraction of sp³-hybridized carbons (Fsp3) is 0.333. The Morgan fingerprint density at radius 3 is 2.50 bits per heavy atom. The van der Waals surface area contributed by atoms with Crippen LogP contribution in [0.4, 0.5) is 0 Å². The number of fused-ring (bicyclic) bond motifs is 1. The van der Waals surface area contributed by atoms with Crippen LogP contribution >= 0.6 is 15.9 Å². The summed E-state index contributed by atoms with van der Waals surface area (Å²) in [5.74, 6) is -0.565. The molecule has 1 aliphatic heterocycles. The van der Waals surface area contributed by atoms with Crippen LogP contribution in [0.25, 0.3) is 10.8 Å². The number of hydrogen-bond donors (Lipinski definition) is 1. The number of aliphatic carboxylic acids is 1. The van der Waals surface area contributed by atoms with E-state index in [4.69, 9.17) is 9.84 Å². The molecule has 0 aliphatic carbocycles. The minimum Gasteiger partial charge on any atom is -0.484 e. The number of benzene rings is 2. The minimum absolute atomic E-state index is 0.0280. The molecule has 2 aromatic rings. The Hall–Kier alpha value is -2.08. The summed E-state index contributed by atoms with van der Waals surface area (Å²) in [6, 6.07) is 11.7. The number of likely N-dealkylation sites (tertiary alicyclic amines) is 1. The summed E-state index contributed by atoms with van der Waals surface area (Å²) < 4.78 is 6.63. The van der Waals surface area contributed by atoms with E-state index in [9.17, 15) is 9.59 Å². The highest BCUT2D eigenvalue weighted by Crippen LogP contribution is 2.24. The highest BCUT2D eigenvalue weighted by Gasteiger charge is 2.27. The van der Waals surface area contributed by atoms with Crippen LogP contribution in [0.1, 0.15) is 12.8 Å². The van der Waals surface area contributed by atoms with Gasteiger partial charge in [-0.1, -0.05) is 28.1 Å². The minimum atomic E-state index is -0.777. The first kappa shape index (κ1) is 16.8. The van der Waals surface area contributed by atoms with Crippen LogP contribution < -0.4 is 4.74 Å². The van der Waals surface area contributed by atoms with Gasteiger partial charge < -0.3 is 14.7 Å². The third-order valence-electron chi connectivity index (χ3n) is 4.33. The van der Waals surface area contributed by atoms with E-state index in [2.05, 4.69) is 15.9 Å². The van der Waals surface area contributed by atoms with E-state index in [0.717, 1.165) is 15.2 Å². The monoisotopic (exact) mass is 391 g/mol. The first-order valence-electron chi connectivity index (χ1n) is 7.85. The van der Waals surface area contributed by atoms with Gasteiger partial charge in [0, 0.05) is 17.6 Å². The Kier molecular flexibility index (Phi) is 5.04. The molecule has 1 N–H and O–H groups in total. The van der Waals surface area contributed by atoms with Gasteiger partial charge in [0.2, 0.25) is 0 Å². The van der Waals surface area contributed by atoms with E-state index in [0.29, 0.717) is 31.7 Å². The smallest absolute Gasteiger partial charge is 0.306 e. The van der Waals surface area contributed by atoms with Crippen molar-refractivity contribution in [2.24, 2.45) is 5.92 Å². The molecule has 0 bridgehead atoms. The second-order valence-corrected chi connectivity index (χ2v) is 6.85. The van der Waals surface area contributed by atoms with Crippen molar-refractivity contribution in [1.29, 1.82) is 0 Å². The zero-order valence-electron chi connectivity index (χ0n) is 13.1. The van der Waals surface area contributed by atoms with Gasteiger partial charge in [-0.3, -0.25) is 9.59 Å². The van der Waals surface area contributed by atoms with Gasteiger partial charge in [0.1, 0.15) is 5.75 Å². The highest BCUT2D eigenvalue weighted by atomic mass is 79.9.